The molecule has 0 spiro atoms. The smallest absolute Gasteiger partial charge is 0.0576 e. The molecule has 0 aliphatic carbocycles. The third kappa shape index (κ3) is 4.12. The molecule has 0 aliphatic rings. The first-order chi connectivity index (χ1) is 9.85. The fourth-order valence-electron chi connectivity index (χ4n) is 2.29. The summed E-state index contributed by atoms with van der Waals surface area (Å²) >= 11 is 1.89. The van der Waals surface area contributed by atoms with Gasteiger partial charge < -0.3 is 5.32 Å². The molecule has 0 bridgehead atoms. The van der Waals surface area contributed by atoms with E-state index in [1.807, 2.05) is 11.8 Å². The molecule has 106 valence electrons. The van der Waals surface area contributed by atoms with Crippen molar-refractivity contribution in [2.45, 2.75) is 31.2 Å². The lowest BCUT2D eigenvalue weighted by atomic mass is 9.99. The molecule has 0 aliphatic heterocycles. The fourth-order valence-corrected chi connectivity index (χ4v) is 2.95. The standard InChI is InChI=1S/C18H23NS/c1-3-14-19-18(15-8-6-5-7-9-15)16-10-12-17(13-11-16)20-4-2/h5-13,18-19H,3-4,14H2,1-2H3. The number of benzene rings is 2. The van der Waals surface area contributed by atoms with Gasteiger partial charge in [0.05, 0.1) is 6.04 Å². The molecule has 0 radical (unpaired) electrons. The highest BCUT2D eigenvalue weighted by Crippen LogP contribution is 2.25. The molecule has 1 unspecified atom stereocenters. The van der Waals surface area contributed by atoms with Crippen LogP contribution < -0.4 is 5.32 Å². The van der Waals surface area contributed by atoms with Crippen molar-refractivity contribution in [3.63, 3.8) is 0 Å². The minimum atomic E-state index is 0.289. The normalized spacial score (nSPS) is 12.3. The highest BCUT2D eigenvalue weighted by atomic mass is 32.2. The second-order valence-electron chi connectivity index (χ2n) is 4.80. The fraction of sp³-hybridized carbons (Fsp3) is 0.333. The maximum Gasteiger partial charge on any atom is 0.0576 e. The van der Waals surface area contributed by atoms with E-state index in [1.165, 1.54) is 16.0 Å². The average Bonchev–Trinajstić information content (AvgIpc) is 2.51. The molecule has 0 amide bonds. The van der Waals surface area contributed by atoms with E-state index in [4.69, 9.17) is 0 Å². The van der Waals surface area contributed by atoms with E-state index in [-0.39, 0.29) is 6.04 Å². The quantitative estimate of drug-likeness (QED) is 0.727. The van der Waals surface area contributed by atoms with Crippen molar-refractivity contribution in [1.82, 2.24) is 5.32 Å². The number of hydrogen-bond acceptors (Lipinski definition) is 2. The van der Waals surface area contributed by atoms with Crippen LogP contribution in [-0.4, -0.2) is 12.3 Å². The van der Waals surface area contributed by atoms with Gasteiger partial charge in [0.25, 0.3) is 0 Å². The summed E-state index contributed by atoms with van der Waals surface area (Å²) in [6.07, 6.45) is 1.15. The van der Waals surface area contributed by atoms with Crippen molar-refractivity contribution in [2.75, 3.05) is 12.3 Å². The van der Waals surface area contributed by atoms with Crippen molar-refractivity contribution >= 4 is 11.8 Å². The molecule has 2 rings (SSSR count). The SMILES string of the molecule is CCCNC(c1ccccc1)c1ccc(SCC)cc1. The molecule has 2 aromatic carbocycles. The van der Waals surface area contributed by atoms with E-state index in [9.17, 15) is 0 Å². The summed E-state index contributed by atoms with van der Waals surface area (Å²) in [7, 11) is 0. The van der Waals surface area contributed by atoms with Crippen LogP contribution in [0.2, 0.25) is 0 Å². The Kier molecular flexibility index (Phi) is 6.16. The molecule has 20 heavy (non-hydrogen) atoms. The van der Waals surface area contributed by atoms with Crippen LogP contribution in [0.5, 0.6) is 0 Å². The van der Waals surface area contributed by atoms with Crippen molar-refractivity contribution in [3.05, 3.63) is 65.7 Å². The van der Waals surface area contributed by atoms with Gasteiger partial charge in [-0.2, -0.15) is 0 Å². The maximum atomic E-state index is 3.65. The Morgan fingerprint density at radius 2 is 1.55 bits per heavy atom. The van der Waals surface area contributed by atoms with E-state index >= 15 is 0 Å². The summed E-state index contributed by atoms with van der Waals surface area (Å²) in [5.41, 5.74) is 2.67. The number of nitrogens with one attached hydrogen (secondary N) is 1. The highest BCUT2D eigenvalue weighted by molar-refractivity contribution is 7.99. The van der Waals surface area contributed by atoms with E-state index in [0.717, 1.165) is 18.7 Å². The Hall–Kier alpha value is -1.25. The summed E-state index contributed by atoms with van der Waals surface area (Å²) in [6, 6.07) is 19.9. The largest absolute Gasteiger partial charge is 0.306 e. The molecule has 0 heterocycles. The van der Waals surface area contributed by atoms with E-state index in [2.05, 4.69) is 73.8 Å². The third-order valence-corrected chi connectivity index (χ3v) is 4.15. The van der Waals surface area contributed by atoms with Gasteiger partial charge in [0.1, 0.15) is 0 Å². The van der Waals surface area contributed by atoms with Gasteiger partial charge in [-0.3, -0.25) is 0 Å². The van der Waals surface area contributed by atoms with Crippen molar-refractivity contribution in [2.24, 2.45) is 0 Å². The molecule has 1 nitrogen and oxygen atoms in total. The van der Waals surface area contributed by atoms with Gasteiger partial charge in [-0.25, -0.2) is 0 Å². The first kappa shape index (κ1) is 15.1. The Bertz CT molecular complexity index is 493. The topological polar surface area (TPSA) is 12.0 Å². The predicted octanol–water partition coefficient (Wildman–Crippen LogP) is 4.89. The predicted molar refractivity (Wildman–Crippen MR) is 89.4 cm³/mol. The molecule has 2 heteroatoms. The van der Waals surface area contributed by atoms with Gasteiger partial charge in [0.2, 0.25) is 0 Å². The summed E-state index contributed by atoms with van der Waals surface area (Å²) in [5, 5.41) is 3.65. The lowest BCUT2D eigenvalue weighted by Crippen LogP contribution is -2.23. The van der Waals surface area contributed by atoms with Crippen molar-refractivity contribution in [1.29, 1.82) is 0 Å². The summed E-state index contributed by atoms with van der Waals surface area (Å²) < 4.78 is 0. The van der Waals surface area contributed by atoms with Crippen LogP contribution in [0.25, 0.3) is 0 Å². The molecular formula is C18H23NS. The van der Waals surface area contributed by atoms with Crippen LogP contribution in [0.1, 0.15) is 37.4 Å². The Morgan fingerprint density at radius 3 is 2.15 bits per heavy atom. The zero-order valence-corrected chi connectivity index (χ0v) is 13.1. The van der Waals surface area contributed by atoms with Gasteiger partial charge in [-0.05, 0) is 42.0 Å². The minimum absolute atomic E-state index is 0.289. The van der Waals surface area contributed by atoms with Crippen molar-refractivity contribution in [3.8, 4) is 0 Å². The molecule has 1 atom stereocenters. The molecule has 0 saturated heterocycles. The van der Waals surface area contributed by atoms with E-state index in [0.29, 0.717) is 0 Å². The molecule has 0 fully saturated rings. The second-order valence-corrected chi connectivity index (χ2v) is 6.14. The van der Waals surface area contributed by atoms with E-state index < -0.39 is 0 Å². The van der Waals surface area contributed by atoms with Crippen LogP contribution in [0.3, 0.4) is 0 Å². The monoisotopic (exact) mass is 285 g/mol. The van der Waals surface area contributed by atoms with Gasteiger partial charge >= 0.3 is 0 Å². The van der Waals surface area contributed by atoms with Crippen LogP contribution in [0.4, 0.5) is 0 Å². The summed E-state index contributed by atoms with van der Waals surface area (Å²) in [6.45, 7) is 5.43. The lowest BCUT2D eigenvalue weighted by molar-refractivity contribution is 0.598. The Morgan fingerprint density at radius 1 is 0.900 bits per heavy atom. The lowest BCUT2D eigenvalue weighted by Gasteiger charge is -2.20. The molecular weight excluding hydrogens is 262 g/mol. The van der Waals surface area contributed by atoms with Crippen LogP contribution in [0, 0.1) is 0 Å². The third-order valence-electron chi connectivity index (χ3n) is 3.26. The summed E-state index contributed by atoms with van der Waals surface area (Å²) in [4.78, 5) is 1.35. The Balaban J connectivity index is 2.22. The van der Waals surface area contributed by atoms with E-state index in [1.54, 1.807) is 0 Å². The van der Waals surface area contributed by atoms with Gasteiger partial charge in [-0.1, -0.05) is 56.3 Å². The molecule has 2 aromatic rings. The van der Waals surface area contributed by atoms with Crippen molar-refractivity contribution < 1.29 is 0 Å². The van der Waals surface area contributed by atoms with Gasteiger partial charge in [0, 0.05) is 4.90 Å². The number of rotatable bonds is 7. The molecule has 0 aromatic heterocycles. The van der Waals surface area contributed by atoms with Gasteiger partial charge in [0.15, 0.2) is 0 Å². The van der Waals surface area contributed by atoms with Crippen LogP contribution >= 0.6 is 11.8 Å². The Labute approximate surface area is 126 Å². The first-order valence-electron chi connectivity index (χ1n) is 7.36. The molecule has 0 saturated carbocycles. The van der Waals surface area contributed by atoms with Crippen LogP contribution in [0.15, 0.2) is 59.5 Å². The zero-order chi connectivity index (χ0) is 14.2. The minimum Gasteiger partial charge on any atom is -0.306 e. The number of thioether (sulfide) groups is 1. The summed E-state index contributed by atoms with van der Waals surface area (Å²) in [5.74, 6) is 1.12. The van der Waals surface area contributed by atoms with Crippen LogP contribution in [-0.2, 0) is 0 Å². The maximum absolute atomic E-state index is 3.65. The average molecular weight is 285 g/mol. The second kappa shape index (κ2) is 8.13. The highest BCUT2D eigenvalue weighted by Gasteiger charge is 2.12. The van der Waals surface area contributed by atoms with Gasteiger partial charge in [-0.15, -0.1) is 11.8 Å². The zero-order valence-electron chi connectivity index (χ0n) is 12.3. The first-order valence-corrected chi connectivity index (χ1v) is 8.34. The number of hydrogen-bond donors (Lipinski definition) is 1. The molecule has 1 N–H and O–H groups in total.